The van der Waals surface area contributed by atoms with E-state index < -0.39 is 0 Å². The van der Waals surface area contributed by atoms with Gasteiger partial charge in [-0.1, -0.05) is 31.2 Å². The summed E-state index contributed by atoms with van der Waals surface area (Å²) in [6.45, 7) is 2.53. The standard InChI is InChI=1S/C19H17N3OS/c1-2-13-5-3-7-17-15(11-21-18(13)17)9-14(10-20)19(23)22-12-16-6-4-8-24-16/h3-9,11,21H,2,12H2,1H3,(H,22,23)/b14-9+. The van der Waals surface area contributed by atoms with Crippen LogP contribution in [-0.4, -0.2) is 10.9 Å². The van der Waals surface area contributed by atoms with Gasteiger partial charge in [0.25, 0.3) is 5.91 Å². The van der Waals surface area contributed by atoms with Gasteiger partial charge in [0.1, 0.15) is 11.6 Å². The number of aryl methyl sites for hydroxylation is 1. The molecule has 120 valence electrons. The van der Waals surface area contributed by atoms with E-state index in [2.05, 4.69) is 23.3 Å². The quantitative estimate of drug-likeness (QED) is 0.546. The fourth-order valence-electron chi connectivity index (χ4n) is 2.63. The second kappa shape index (κ2) is 7.16. The van der Waals surface area contributed by atoms with Crippen molar-refractivity contribution in [3.8, 4) is 6.07 Å². The van der Waals surface area contributed by atoms with E-state index in [0.29, 0.717) is 6.54 Å². The molecule has 0 aliphatic carbocycles. The van der Waals surface area contributed by atoms with Crippen LogP contribution in [0.5, 0.6) is 0 Å². The molecule has 24 heavy (non-hydrogen) atoms. The molecular weight excluding hydrogens is 318 g/mol. The smallest absolute Gasteiger partial charge is 0.262 e. The minimum absolute atomic E-state index is 0.106. The van der Waals surface area contributed by atoms with Gasteiger partial charge in [-0.2, -0.15) is 5.26 Å². The van der Waals surface area contributed by atoms with Crippen molar-refractivity contribution in [3.05, 3.63) is 63.5 Å². The van der Waals surface area contributed by atoms with Gasteiger partial charge in [-0.25, -0.2) is 0 Å². The van der Waals surface area contributed by atoms with Crippen LogP contribution in [0.4, 0.5) is 0 Å². The number of H-pyrrole nitrogens is 1. The van der Waals surface area contributed by atoms with E-state index in [1.807, 2.05) is 41.9 Å². The number of thiophene rings is 1. The molecular formula is C19H17N3OS. The number of aromatic nitrogens is 1. The summed E-state index contributed by atoms with van der Waals surface area (Å²) in [5, 5.41) is 15.1. The Labute approximate surface area is 144 Å². The van der Waals surface area contributed by atoms with E-state index in [0.717, 1.165) is 27.8 Å². The highest BCUT2D eigenvalue weighted by atomic mass is 32.1. The highest BCUT2D eigenvalue weighted by Crippen LogP contribution is 2.24. The maximum Gasteiger partial charge on any atom is 0.262 e. The molecule has 1 amide bonds. The highest BCUT2D eigenvalue weighted by Gasteiger charge is 2.11. The van der Waals surface area contributed by atoms with Crippen molar-refractivity contribution in [1.82, 2.24) is 10.3 Å². The Morgan fingerprint density at radius 3 is 2.96 bits per heavy atom. The average molecular weight is 335 g/mol. The number of nitrogens with zero attached hydrogens (tertiary/aromatic N) is 1. The van der Waals surface area contributed by atoms with E-state index in [9.17, 15) is 10.1 Å². The Morgan fingerprint density at radius 1 is 1.38 bits per heavy atom. The van der Waals surface area contributed by atoms with Crippen molar-refractivity contribution in [2.75, 3.05) is 0 Å². The van der Waals surface area contributed by atoms with Crippen molar-refractivity contribution >= 4 is 34.2 Å². The van der Waals surface area contributed by atoms with Crippen LogP contribution < -0.4 is 5.32 Å². The molecule has 1 aromatic carbocycles. The lowest BCUT2D eigenvalue weighted by atomic mass is 10.1. The second-order valence-corrected chi connectivity index (χ2v) is 6.40. The molecule has 2 N–H and O–H groups in total. The first-order valence-corrected chi connectivity index (χ1v) is 8.62. The van der Waals surface area contributed by atoms with Gasteiger partial charge in [0, 0.05) is 27.5 Å². The molecule has 4 nitrogen and oxygen atoms in total. The fraction of sp³-hybridized carbons (Fsp3) is 0.158. The maximum atomic E-state index is 12.2. The van der Waals surface area contributed by atoms with Gasteiger partial charge >= 0.3 is 0 Å². The van der Waals surface area contributed by atoms with Crippen molar-refractivity contribution in [2.24, 2.45) is 0 Å². The molecule has 2 aromatic heterocycles. The average Bonchev–Trinajstić information content (AvgIpc) is 3.27. The first-order chi connectivity index (χ1) is 11.7. The van der Waals surface area contributed by atoms with Crippen molar-refractivity contribution in [2.45, 2.75) is 19.9 Å². The van der Waals surface area contributed by atoms with E-state index >= 15 is 0 Å². The third-order valence-electron chi connectivity index (χ3n) is 3.88. The van der Waals surface area contributed by atoms with Crippen LogP contribution in [0.1, 0.15) is 22.9 Å². The number of rotatable bonds is 5. The molecule has 2 heterocycles. The van der Waals surface area contributed by atoms with Crippen molar-refractivity contribution < 1.29 is 4.79 Å². The van der Waals surface area contributed by atoms with Gasteiger partial charge in [-0.3, -0.25) is 4.79 Å². The molecule has 3 aromatic rings. The van der Waals surface area contributed by atoms with Gasteiger partial charge in [0.2, 0.25) is 0 Å². The normalized spacial score (nSPS) is 11.4. The number of carbonyl (C=O) groups is 1. The Hall–Kier alpha value is -2.84. The number of carbonyl (C=O) groups excluding carboxylic acids is 1. The van der Waals surface area contributed by atoms with Gasteiger partial charge in [-0.05, 0) is 29.5 Å². The summed E-state index contributed by atoms with van der Waals surface area (Å²) in [7, 11) is 0. The van der Waals surface area contributed by atoms with Crippen LogP contribution in [0.25, 0.3) is 17.0 Å². The Morgan fingerprint density at radius 2 is 2.25 bits per heavy atom. The molecule has 3 rings (SSSR count). The lowest BCUT2D eigenvalue weighted by molar-refractivity contribution is -0.117. The van der Waals surface area contributed by atoms with Crippen LogP contribution in [-0.2, 0) is 17.8 Å². The van der Waals surface area contributed by atoms with Gasteiger partial charge in [-0.15, -0.1) is 11.3 Å². The van der Waals surface area contributed by atoms with Crippen LogP contribution >= 0.6 is 11.3 Å². The SMILES string of the molecule is CCc1cccc2c(/C=C(\C#N)C(=O)NCc3cccs3)c[nH]c12. The number of hydrogen-bond acceptors (Lipinski definition) is 3. The predicted molar refractivity (Wildman–Crippen MR) is 97.4 cm³/mol. The molecule has 0 aliphatic rings. The Kier molecular flexibility index (Phi) is 4.78. The summed E-state index contributed by atoms with van der Waals surface area (Å²) in [4.78, 5) is 16.5. The second-order valence-electron chi connectivity index (χ2n) is 5.37. The first kappa shape index (κ1) is 16.0. The zero-order chi connectivity index (χ0) is 16.9. The van der Waals surface area contributed by atoms with Crippen LogP contribution in [0, 0.1) is 11.3 Å². The summed E-state index contributed by atoms with van der Waals surface area (Å²) >= 11 is 1.57. The molecule has 0 atom stereocenters. The van der Waals surface area contributed by atoms with E-state index in [4.69, 9.17) is 0 Å². The van der Waals surface area contributed by atoms with Gasteiger partial charge in [0.15, 0.2) is 0 Å². The number of aromatic amines is 1. The van der Waals surface area contributed by atoms with E-state index in [1.165, 1.54) is 5.56 Å². The number of benzene rings is 1. The van der Waals surface area contributed by atoms with Crippen molar-refractivity contribution in [3.63, 3.8) is 0 Å². The summed E-state index contributed by atoms with van der Waals surface area (Å²) in [5.74, 6) is -0.355. The van der Waals surface area contributed by atoms with E-state index in [-0.39, 0.29) is 11.5 Å². The zero-order valence-electron chi connectivity index (χ0n) is 13.3. The number of nitrogens with one attached hydrogen (secondary N) is 2. The minimum Gasteiger partial charge on any atom is -0.360 e. The molecule has 0 bridgehead atoms. The number of hydrogen-bond donors (Lipinski definition) is 2. The number of nitriles is 1. The largest absolute Gasteiger partial charge is 0.360 e. The minimum atomic E-state index is -0.355. The highest BCUT2D eigenvalue weighted by molar-refractivity contribution is 7.09. The Bertz CT molecular complexity index is 929. The van der Waals surface area contributed by atoms with Crippen LogP contribution in [0.3, 0.4) is 0 Å². The predicted octanol–water partition coefficient (Wildman–Crippen LogP) is 4.02. The third-order valence-corrected chi connectivity index (χ3v) is 4.76. The topological polar surface area (TPSA) is 68.7 Å². The number of para-hydroxylation sites is 1. The summed E-state index contributed by atoms with van der Waals surface area (Å²) < 4.78 is 0. The van der Waals surface area contributed by atoms with Gasteiger partial charge in [0.05, 0.1) is 6.54 Å². The number of fused-ring (bicyclic) bond motifs is 1. The molecule has 5 heteroatoms. The van der Waals surface area contributed by atoms with Crippen molar-refractivity contribution in [1.29, 1.82) is 5.26 Å². The first-order valence-electron chi connectivity index (χ1n) is 7.74. The van der Waals surface area contributed by atoms with Crippen LogP contribution in [0.15, 0.2) is 47.5 Å². The molecule has 0 saturated carbocycles. The molecule has 0 saturated heterocycles. The maximum absolute atomic E-state index is 12.2. The molecule has 0 spiro atoms. The van der Waals surface area contributed by atoms with E-state index in [1.54, 1.807) is 17.4 Å². The third kappa shape index (κ3) is 3.24. The monoisotopic (exact) mass is 335 g/mol. The molecule has 0 radical (unpaired) electrons. The lowest BCUT2D eigenvalue weighted by Crippen LogP contribution is -2.23. The molecule has 0 unspecified atom stereocenters. The number of amides is 1. The molecule has 0 aliphatic heterocycles. The lowest BCUT2D eigenvalue weighted by Gasteiger charge is -2.02. The summed E-state index contributed by atoms with van der Waals surface area (Å²) in [6.07, 6.45) is 4.41. The van der Waals surface area contributed by atoms with Gasteiger partial charge < -0.3 is 10.3 Å². The Balaban J connectivity index is 1.85. The fourth-order valence-corrected chi connectivity index (χ4v) is 3.28. The zero-order valence-corrected chi connectivity index (χ0v) is 14.1. The summed E-state index contributed by atoms with van der Waals surface area (Å²) in [5.41, 5.74) is 3.23. The molecule has 0 fully saturated rings. The summed E-state index contributed by atoms with van der Waals surface area (Å²) in [6, 6.07) is 12.0. The van der Waals surface area contributed by atoms with Crippen LogP contribution in [0.2, 0.25) is 0 Å².